The molecule has 120 valence electrons. The summed E-state index contributed by atoms with van der Waals surface area (Å²) in [7, 11) is 2.10. The summed E-state index contributed by atoms with van der Waals surface area (Å²) in [6.07, 6.45) is 3.97. The van der Waals surface area contributed by atoms with Crippen molar-refractivity contribution in [3.8, 4) is 0 Å². The molecule has 3 rings (SSSR count). The molecule has 7 heteroatoms. The molecular weight excluding hydrogens is 280 g/mol. The first kappa shape index (κ1) is 15.0. The van der Waals surface area contributed by atoms with Crippen molar-refractivity contribution in [3.05, 3.63) is 11.8 Å². The lowest BCUT2D eigenvalue weighted by molar-refractivity contribution is 0.213. The number of aromatic nitrogens is 1. The lowest BCUT2D eigenvalue weighted by Gasteiger charge is -2.34. The number of nitrogens with zero attached hydrogens (tertiary/aromatic N) is 4. The van der Waals surface area contributed by atoms with E-state index in [9.17, 15) is 0 Å². The van der Waals surface area contributed by atoms with Crippen LogP contribution in [-0.4, -0.2) is 59.9 Å². The van der Waals surface area contributed by atoms with Gasteiger partial charge in [0.05, 0.1) is 12.1 Å². The molecule has 1 aliphatic heterocycles. The van der Waals surface area contributed by atoms with Crippen molar-refractivity contribution < 1.29 is 4.52 Å². The average Bonchev–Trinajstić information content (AvgIpc) is 2.85. The van der Waals surface area contributed by atoms with E-state index in [1.807, 2.05) is 6.07 Å². The normalized spacial score (nSPS) is 21.0. The Balaban J connectivity index is 1.55. The minimum absolute atomic E-state index is 0.350. The second-order valence-corrected chi connectivity index (χ2v) is 6.23. The first-order valence-corrected chi connectivity index (χ1v) is 7.92. The lowest BCUT2D eigenvalue weighted by atomic mass is 9.83. The van der Waals surface area contributed by atoms with Crippen molar-refractivity contribution in [1.82, 2.24) is 15.0 Å². The first-order chi connectivity index (χ1) is 10.6. The van der Waals surface area contributed by atoms with Crippen LogP contribution >= 0.6 is 0 Å². The Kier molecular flexibility index (Phi) is 4.42. The van der Waals surface area contributed by atoms with Gasteiger partial charge in [-0.1, -0.05) is 11.6 Å². The van der Waals surface area contributed by atoms with Gasteiger partial charge >= 0.3 is 0 Å². The maximum Gasteiger partial charge on any atom is 0.252 e. The van der Waals surface area contributed by atoms with Gasteiger partial charge < -0.3 is 20.1 Å². The maximum atomic E-state index is 8.16. The number of hydrogen-bond acceptors (Lipinski definition) is 5. The van der Waals surface area contributed by atoms with Gasteiger partial charge in [0.2, 0.25) is 0 Å². The van der Waals surface area contributed by atoms with Gasteiger partial charge in [0.15, 0.2) is 0 Å². The average molecular weight is 304 g/mol. The third-order valence-corrected chi connectivity index (χ3v) is 4.53. The van der Waals surface area contributed by atoms with Crippen molar-refractivity contribution in [1.29, 1.82) is 5.41 Å². The number of likely N-dealkylation sites (N-methyl/N-ethyl adjacent to an activating group) is 1. The van der Waals surface area contributed by atoms with Crippen molar-refractivity contribution >= 4 is 17.6 Å². The van der Waals surface area contributed by atoms with E-state index in [2.05, 4.69) is 27.0 Å². The van der Waals surface area contributed by atoms with E-state index < -0.39 is 0 Å². The molecule has 2 fully saturated rings. The highest BCUT2D eigenvalue weighted by Crippen LogP contribution is 2.36. The third kappa shape index (κ3) is 3.47. The molecular formula is C15H24N6O. The first-order valence-electron chi connectivity index (χ1n) is 7.92. The molecule has 0 radical (unpaired) electrons. The summed E-state index contributed by atoms with van der Waals surface area (Å²) in [6, 6.07) is 1.87. The molecule has 1 aromatic rings. The SMILES string of the molecule is CN1CCN(C(=N)CC(N)=Nc2cc(C3CCC3)no2)CC1. The van der Waals surface area contributed by atoms with Crippen LogP contribution in [-0.2, 0) is 0 Å². The molecule has 3 N–H and O–H groups in total. The zero-order chi connectivity index (χ0) is 15.5. The van der Waals surface area contributed by atoms with E-state index in [1.165, 1.54) is 19.3 Å². The van der Waals surface area contributed by atoms with Crippen LogP contribution in [0.5, 0.6) is 0 Å². The molecule has 1 saturated carbocycles. The molecule has 2 aliphatic rings. The molecule has 1 saturated heterocycles. The van der Waals surface area contributed by atoms with Gasteiger partial charge in [-0.3, -0.25) is 5.41 Å². The topological polar surface area (TPSA) is 94.7 Å². The fourth-order valence-electron chi connectivity index (χ4n) is 2.77. The minimum Gasteiger partial charge on any atom is -0.387 e. The smallest absolute Gasteiger partial charge is 0.252 e. The van der Waals surface area contributed by atoms with Crippen LogP contribution in [0, 0.1) is 5.41 Å². The van der Waals surface area contributed by atoms with Crippen LogP contribution in [0.4, 0.5) is 5.88 Å². The number of amidine groups is 2. The van der Waals surface area contributed by atoms with Crippen molar-refractivity contribution in [3.63, 3.8) is 0 Å². The Hall–Kier alpha value is -1.89. The Morgan fingerprint density at radius 2 is 2.14 bits per heavy atom. The summed E-state index contributed by atoms with van der Waals surface area (Å²) < 4.78 is 5.23. The molecule has 1 aliphatic carbocycles. The second-order valence-electron chi connectivity index (χ2n) is 6.23. The molecule has 2 heterocycles. The lowest BCUT2D eigenvalue weighted by Crippen LogP contribution is -2.47. The van der Waals surface area contributed by atoms with Gasteiger partial charge in [0, 0.05) is 38.2 Å². The van der Waals surface area contributed by atoms with Gasteiger partial charge in [-0.05, 0) is 19.9 Å². The maximum absolute atomic E-state index is 8.16. The molecule has 0 aromatic carbocycles. The van der Waals surface area contributed by atoms with Gasteiger partial charge in [0.25, 0.3) is 5.88 Å². The Morgan fingerprint density at radius 1 is 1.41 bits per heavy atom. The summed E-state index contributed by atoms with van der Waals surface area (Å²) in [4.78, 5) is 8.58. The van der Waals surface area contributed by atoms with Crippen LogP contribution in [0.25, 0.3) is 0 Å². The van der Waals surface area contributed by atoms with Crippen LogP contribution in [0.1, 0.15) is 37.3 Å². The van der Waals surface area contributed by atoms with E-state index in [0.717, 1.165) is 31.9 Å². The molecule has 0 atom stereocenters. The summed E-state index contributed by atoms with van der Waals surface area (Å²) >= 11 is 0. The summed E-state index contributed by atoms with van der Waals surface area (Å²) in [5, 5.41) is 12.2. The summed E-state index contributed by atoms with van der Waals surface area (Å²) in [5.41, 5.74) is 6.94. The van der Waals surface area contributed by atoms with E-state index in [0.29, 0.717) is 29.9 Å². The van der Waals surface area contributed by atoms with Crippen molar-refractivity contribution in [2.24, 2.45) is 10.7 Å². The van der Waals surface area contributed by atoms with Gasteiger partial charge in [-0.15, -0.1) is 0 Å². The van der Waals surface area contributed by atoms with E-state index >= 15 is 0 Å². The number of nitrogens with one attached hydrogen (secondary N) is 1. The Bertz CT molecular complexity index is 554. The van der Waals surface area contributed by atoms with Crippen LogP contribution < -0.4 is 5.73 Å². The molecule has 0 unspecified atom stereocenters. The third-order valence-electron chi connectivity index (χ3n) is 4.53. The summed E-state index contributed by atoms with van der Waals surface area (Å²) in [5.74, 6) is 1.90. The zero-order valence-corrected chi connectivity index (χ0v) is 13.1. The quantitative estimate of drug-likeness (QED) is 0.650. The molecule has 7 nitrogen and oxygen atoms in total. The van der Waals surface area contributed by atoms with E-state index in [1.54, 1.807) is 0 Å². The van der Waals surface area contributed by atoms with Crippen LogP contribution in [0.3, 0.4) is 0 Å². The minimum atomic E-state index is 0.350. The number of rotatable bonds is 4. The van der Waals surface area contributed by atoms with E-state index in [-0.39, 0.29) is 0 Å². The molecule has 0 amide bonds. The van der Waals surface area contributed by atoms with E-state index in [4.69, 9.17) is 15.7 Å². The van der Waals surface area contributed by atoms with Gasteiger partial charge in [-0.25, -0.2) is 0 Å². The van der Waals surface area contributed by atoms with Crippen LogP contribution in [0.15, 0.2) is 15.6 Å². The molecule has 0 spiro atoms. The highest BCUT2D eigenvalue weighted by Gasteiger charge is 2.23. The highest BCUT2D eigenvalue weighted by molar-refractivity contribution is 6.01. The molecule has 0 bridgehead atoms. The van der Waals surface area contributed by atoms with Gasteiger partial charge in [0.1, 0.15) is 11.7 Å². The standard InChI is InChI=1S/C15H24N6O/c1-20-5-7-21(8-6-20)14(17)10-13(16)18-15-9-12(19-22-15)11-3-2-4-11/h9,11,17H,2-8,10H2,1H3,(H2,16,18). The predicted molar refractivity (Wildman–Crippen MR) is 85.8 cm³/mol. The summed E-state index contributed by atoms with van der Waals surface area (Å²) in [6.45, 7) is 3.70. The molecule has 1 aromatic heterocycles. The Morgan fingerprint density at radius 3 is 2.77 bits per heavy atom. The second kappa shape index (κ2) is 6.48. The Labute approximate surface area is 130 Å². The predicted octanol–water partition coefficient (Wildman–Crippen LogP) is 1.55. The highest BCUT2D eigenvalue weighted by atomic mass is 16.5. The molecule has 22 heavy (non-hydrogen) atoms. The van der Waals surface area contributed by atoms with Crippen LogP contribution in [0.2, 0.25) is 0 Å². The van der Waals surface area contributed by atoms with Crippen molar-refractivity contribution in [2.45, 2.75) is 31.6 Å². The zero-order valence-electron chi connectivity index (χ0n) is 13.1. The number of nitrogens with two attached hydrogens (primary N) is 1. The number of hydrogen-bond donors (Lipinski definition) is 2. The van der Waals surface area contributed by atoms with Crippen molar-refractivity contribution in [2.75, 3.05) is 33.2 Å². The number of aliphatic imine (C=N–C) groups is 1. The fourth-order valence-corrected chi connectivity index (χ4v) is 2.77. The fraction of sp³-hybridized carbons (Fsp3) is 0.667. The van der Waals surface area contributed by atoms with Gasteiger partial charge in [-0.2, -0.15) is 4.99 Å². The monoisotopic (exact) mass is 304 g/mol. The largest absolute Gasteiger partial charge is 0.387 e. The number of piperazine rings is 1.